The number of methoxy groups -OCH3 is 1. The quantitative estimate of drug-likeness (QED) is 0.408. The zero-order chi connectivity index (χ0) is 26.7. The van der Waals surface area contributed by atoms with Crippen LogP contribution in [0.1, 0.15) is 49.7 Å². The van der Waals surface area contributed by atoms with Gasteiger partial charge in [0, 0.05) is 57.2 Å². The molecule has 3 heterocycles. The van der Waals surface area contributed by atoms with E-state index in [0.29, 0.717) is 41.6 Å². The van der Waals surface area contributed by atoms with E-state index < -0.39 is 17.8 Å². The summed E-state index contributed by atoms with van der Waals surface area (Å²) in [5.74, 6) is 1.85. The molecule has 1 aromatic heterocycles. The number of halogens is 3. The minimum Gasteiger partial charge on any atom is -0.493 e. The van der Waals surface area contributed by atoms with Crippen LogP contribution in [0, 0.1) is 23.6 Å². The minimum absolute atomic E-state index is 0.00738. The third-order valence-electron chi connectivity index (χ3n) is 8.09. The molecule has 0 spiro atoms. The summed E-state index contributed by atoms with van der Waals surface area (Å²) in [6.45, 7) is 2.93. The van der Waals surface area contributed by atoms with Crippen molar-refractivity contribution in [2.24, 2.45) is 17.8 Å². The Morgan fingerprint density at radius 3 is 2.58 bits per heavy atom. The SMILES string of the molecule is COCc1cnc(N2CCC([C@@H]3C[C@@H]3CCOc3ccc(CC(=O)N4CCCC4(F)F)c(F)c3)CC2)nc1. The molecule has 10 heteroatoms. The highest BCUT2D eigenvalue weighted by Gasteiger charge is 2.45. The zero-order valence-electron chi connectivity index (χ0n) is 21.8. The van der Waals surface area contributed by atoms with Crippen LogP contribution in [0.25, 0.3) is 0 Å². The van der Waals surface area contributed by atoms with Crippen LogP contribution < -0.4 is 9.64 Å². The van der Waals surface area contributed by atoms with Gasteiger partial charge in [-0.05, 0) is 61.5 Å². The van der Waals surface area contributed by atoms with Crippen molar-refractivity contribution < 1.29 is 27.4 Å². The van der Waals surface area contributed by atoms with Crippen LogP contribution in [-0.4, -0.2) is 60.2 Å². The number of carbonyl (C=O) groups excluding carboxylic acids is 1. The summed E-state index contributed by atoms with van der Waals surface area (Å²) >= 11 is 0. The molecule has 2 saturated heterocycles. The molecule has 206 valence electrons. The molecule has 1 amide bonds. The van der Waals surface area contributed by atoms with Gasteiger partial charge in [-0.15, -0.1) is 0 Å². The van der Waals surface area contributed by atoms with E-state index in [0.717, 1.165) is 43.9 Å². The molecule has 1 saturated carbocycles. The maximum atomic E-state index is 14.5. The summed E-state index contributed by atoms with van der Waals surface area (Å²) in [5.41, 5.74) is 1.07. The highest BCUT2D eigenvalue weighted by atomic mass is 19.3. The number of carbonyl (C=O) groups is 1. The van der Waals surface area contributed by atoms with Crippen LogP contribution in [0.4, 0.5) is 19.1 Å². The van der Waals surface area contributed by atoms with E-state index in [1.165, 1.54) is 18.6 Å². The van der Waals surface area contributed by atoms with Gasteiger partial charge in [-0.1, -0.05) is 6.07 Å². The van der Waals surface area contributed by atoms with Crippen molar-refractivity contribution in [3.8, 4) is 5.75 Å². The minimum atomic E-state index is -3.14. The van der Waals surface area contributed by atoms with Crippen molar-refractivity contribution in [2.75, 3.05) is 38.3 Å². The number of hydrogen-bond donors (Lipinski definition) is 0. The maximum Gasteiger partial charge on any atom is 0.327 e. The van der Waals surface area contributed by atoms with Crippen molar-refractivity contribution in [3.63, 3.8) is 0 Å². The van der Waals surface area contributed by atoms with Crippen molar-refractivity contribution >= 4 is 11.9 Å². The van der Waals surface area contributed by atoms with Gasteiger partial charge >= 0.3 is 6.05 Å². The number of hydrogen-bond acceptors (Lipinski definition) is 6. The zero-order valence-corrected chi connectivity index (χ0v) is 21.8. The van der Waals surface area contributed by atoms with Gasteiger partial charge in [-0.2, -0.15) is 8.78 Å². The number of piperidine rings is 1. The lowest BCUT2D eigenvalue weighted by Gasteiger charge is -2.32. The molecule has 5 rings (SSSR count). The fourth-order valence-electron chi connectivity index (χ4n) is 5.86. The second kappa shape index (κ2) is 11.5. The Hall–Kier alpha value is -2.88. The first-order valence-corrected chi connectivity index (χ1v) is 13.5. The molecule has 2 aliphatic heterocycles. The lowest BCUT2D eigenvalue weighted by molar-refractivity contribution is -0.161. The molecule has 0 unspecified atom stereocenters. The monoisotopic (exact) mass is 532 g/mol. The topological polar surface area (TPSA) is 67.8 Å². The molecular weight excluding hydrogens is 497 g/mol. The van der Waals surface area contributed by atoms with Crippen molar-refractivity contribution in [2.45, 2.75) is 57.6 Å². The number of likely N-dealkylation sites (tertiary alicyclic amines) is 1. The Kier molecular flexibility index (Phi) is 8.07. The molecule has 0 bridgehead atoms. The third kappa shape index (κ3) is 6.22. The predicted octanol–water partition coefficient (Wildman–Crippen LogP) is 4.84. The van der Waals surface area contributed by atoms with E-state index in [4.69, 9.17) is 9.47 Å². The first kappa shape index (κ1) is 26.7. The van der Waals surface area contributed by atoms with E-state index in [1.807, 2.05) is 12.4 Å². The highest BCUT2D eigenvalue weighted by molar-refractivity contribution is 5.79. The van der Waals surface area contributed by atoms with Crippen molar-refractivity contribution in [1.29, 1.82) is 0 Å². The molecule has 2 atom stereocenters. The van der Waals surface area contributed by atoms with Gasteiger partial charge in [0.05, 0.1) is 19.6 Å². The lowest BCUT2D eigenvalue weighted by atomic mass is 9.90. The van der Waals surface area contributed by atoms with E-state index >= 15 is 0 Å². The van der Waals surface area contributed by atoms with Crippen LogP contribution in [-0.2, 0) is 22.6 Å². The smallest absolute Gasteiger partial charge is 0.327 e. The molecule has 1 aliphatic carbocycles. The Morgan fingerprint density at radius 1 is 1.16 bits per heavy atom. The number of rotatable bonds is 10. The summed E-state index contributed by atoms with van der Waals surface area (Å²) in [7, 11) is 1.66. The number of ether oxygens (including phenoxy) is 2. The van der Waals surface area contributed by atoms with E-state index in [2.05, 4.69) is 14.9 Å². The average Bonchev–Trinajstić information content (AvgIpc) is 3.59. The Labute approximate surface area is 221 Å². The molecule has 3 aliphatic rings. The van der Waals surface area contributed by atoms with Crippen LogP contribution in [0.15, 0.2) is 30.6 Å². The molecule has 3 fully saturated rings. The van der Waals surface area contributed by atoms with Gasteiger partial charge in [-0.25, -0.2) is 14.4 Å². The summed E-state index contributed by atoms with van der Waals surface area (Å²) < 4.78 is 53.0. The normalized spacial score (nSPS) is 23.1. The highest BCUT2D eigenvalue weighted by Crippen LogP contribution is 2.50. The van der Waals surface area contributed by atoms with Crippen LogP contribution in [0.3, 0.4) is 0 Å². The summed E-state index contributed by atoms with van der Waals surface area (Å²) in [4.78, 5) is 24.0. The number of amides is 1. The fraction of sp³-hybridized carbons (Fsp3) is 0.607. The summed E-state index contributed by atoms with van der Waals surface area (Å²) in [6.07, 6.45) is 7.55. The Bertz CT molecular complexity index is 1110. The number of alkyl halides is 2. The molecule has 0 radical (unpaired) electrons. The number of nitrogens with zero attached hydrogens (tertiary/aromatic N) is 4. The number of aromatic nitrogens is 2. The van der Waals surface area contributed by atoms with Gasteiger partial charge in [0.1, 0.15) is 11.6 Å². The average molecular weight is 533 g/mol. The second-order valence-corrected chi connectivity index (χ2v) is 10.7. The first-order valence-electron chi connectivity index (χ1n) is 13.5. The fourth-order valence-corrected chi connectivity index (χ4v) is 5.86. The summed E-state index contributed by atoms with van der Waals surface area (Å²) in [5, 5.41) is 0. The lowest BCUT2D eigenvalue weighted by Crippen LogP contribution is -2.41. The van der Waals surface area contributed by atoms with Gasteiger partial charge in [0.25, 0.3) is 0 Å². The van der Waals surface area contributed by atoms with Gasteiger partial charge in [0.15, 0.2) is 0 Å². The second-order valence-electron chi connectivity index (χ2n) is 10.7. The summed E-state index contributed by atoms with van der Waals surface area (Å²) in [6, 6.07) is 1.17. The van der Waals surface area contributed by atoms with E-state index in [1.54, 1.807) is 13.2 Å². The van der Waals surface area contributed by atoms with Gasteiger partial charge in [0.2, 0.25) is 11.9 Å². The predicted molar refractivity (Wildman–Crippen MR) is 135 cm³/mol. The Balaban J connectivity index is 1.02. The van der Waals surface area contributed by atoms with Crippen molar-refractivity contribution in [3.05, 3.63) is 47.5 Å². The first-order chi connectivity index (χ1) is 18.3. The molecule has 1 aromatic carbocycles. The largest absolute Gasteiger partial charge is 0.493 e. The molecule has 38 heavy (non-hydrogen) atoms. The van der Waals surface area contributed by atoms with E-state index in [-0.39, 0.29) is 31.4 Å². The Morgan fingerprint density at radius 2 is 1.92 bits per heavy atom. The third-order valence-corrected chi connectivity index (χ3v) is 8.09. The van der Waals surface area contributed by atoms with Gasteiger partial charge in [-0.3, -0.25) is 9.69 Å². The number of anilines is 1. The van der Waals surface area contributed by atoms with Crippen LogP contribution in [0.5, 0.6) is 5.75 Å². The van der Waals surface area contributed by atoms with E-state index in [9.17, 15) is 18.0 Å². The van der Waals surface area contributed by atoms with Crippen molar-refractivity contribution in [1.82, 2.24) is 14.9 Å². The number of benzene rings is 1. The molecular formula is C28H35F3N4O3. The van der Waals surface area contributed by atoms with Gasteiger partial charge < -0.3 is 14.4 Å². The molecule has 7 nitrogen and oxygen atoms in total. The maximum absolute atomic E-state index is 14.5. The molecule has 2 aromatic rings. The van der Waals surface area contributed by atoms with Crippen LogP contribution in [0.2, 0.25) is 0 Å². The standard InChI is InChI=1S/C28H35F3N4O3/c1-37-18-19-16-32-27(33-17-19)34-10-5-20(6-11-34)24-13-21(24)7-12-38-23-4-3-22(25(29)15-23)14-26(36)35-9-2-8-28(35,30)31/h3-4,15-17,20-21,24H,2,5-14,18H2,1H3/t21-,24-/m0/s1. The van der Waals surface area contributed by atoms with Crippen LogP contribution >= 0.6 is 0 Å². The molecule has 0 N–H and O–H groups in total.